The van der Waals surface area contributed by atoms with Crippen molar-refractivity contribution in [3.8, 4) is 34.3 Å². The fourth-order valence-electron chi connectivity index (χ4n) is 4.45. The zero-order chi connectivity index (χ0) is 27.4. The summed E-state index contributed by atoms with van der Waals surface area (Å²) in [6.45, 7) is 1.82. The van der Waals surface area contributed by atoms with Gasteiger partial charge in [0.25, 0.3) is 5.91 Å². The van der Waals surface area contributed by atoms with Crippen LogP contribution in [0.5, 0.6) is 0 Å². The Hall–Kier alpha value is -4.56. The Morgan fingerprint density at radius 3 is 2.13 bits per heavy atom. The highest BCUT2D eigenvalue weighted by Gasteiger charge is 2.20. The van der Waals surface area contributed by atoms with Crippen LogP contribution in [-0.2, 0) is 4.79 Å². The van der Waals surface area contributed by atoms with Crippen molar-refractivity contribution in [3.63, 3.8) is 0 Å². The molecule has 0 radical (unpaired) electrons. The second-order valence-corrected chi connectivity index (χ2v) is 9.76. The Bertz CT molecular complexity index is 1720. The van der Waals surface area contributed by atoms with Gasteiger partial charge in [-0.3, -0.25) is 4.79 Å². The average Bonchev–Trinajstić information content (AvgIpc) is 3.34. The molecule has 1 aromatic heterocycles. The third kappa shape index (κ3) is 5.51. The lowest BCUT2D eigenvalue weighted by Gasteiger charge is -2.15. The maximum Gasteiger partial charge on any atom is 0.266 e. The lowest BCUT2D eigenvalue weighted by atomic mass is 10.0. The summed E-state index contributed by atoms with van der Waals surface area (Å²) < 4.78 is 2.13. The number of anilines is 1. The fourth-order valence-corrected chi connectivity index (χ4v) is 4.75. The van der Waals surface area contributed by atoms with Crippen molar-refractivity contribution in [2.24, 2.45) is 0 Å². The number of hydrogen-bond acceptors (Lipinski definition) is 2. The molecule has 0 aliphatic heterocycles. The molecule has 1 amide bonds. The van der Waals surface area contributed by atoms with Crippen molar-refractivity contribution < 1.29 is 4.79 Å². The minimum Gasteiger partial charge on any atom is -0.321 e. The van der Waals surface area contributed by atoms with Crippen LogP contribution in [0.3, 0.4) is 0 Å². The standard InChI is InChI=1S/C33H23Cl2N3O/c1-22-29(35)13-8-14-30(22)37-33(39)26(21-36)19-25-20-31(23-9-4-2-5-10-23)38(28-17-15-27(34)16-18-28)32(25)24-11-6-3-7-12-24/h2-20H,1H3,(H,37,39)/b26-19+. The molecule has 0 aliphatic rings. The molecule has 0 spiro atoms. The first-order valence-electron chi connectivity index (χ1n) is 12.3. The Labute approximate surface area is 237 Å². The summed E-state index contributed by atoms with van der Waals surface area (Å²) in [5.41, 5.74) is 6.56. The fraction of sp³-hybridized carbons (Fsp3) is 0.0303. The first-order chi connectivity index (χ1) is 19.0. The van der Waals surface area contributed by atoms with Crippen LogP contribution in [0.1, 0.15) is 11.1 Å². The zero-order valence-electron chi connectivity index (χ0n) is 21.0. The number of amides is 1. The van der Waals surface area contributed by atoms with Crippen LogP contribution < -0.4 is 5.32 Å². The maximum atomic E-state index is 13.3. The highest BCUT2D eigenvalue weighted by molar-refractivity contribution is 6.32. The molecule has 1 heterocycles. The summed E-state index contributed by atoms with van der Waals surface area (Å²) in [6, 6.07) is 36.8. The number of nitrogens with zero attached hydrogens (tertiary/aromatic N) is 2. The minimum atomic E-state index is -0.512. The van der Waals surface area contributed by atoms with Crippen molar-refractivity contribution >= 4 is 40.9 Å². The number of nitrogens with one attached hydrogen (secondary N) is 1. The van der Waals surface area contributed by atoms with E-state index in [2.05, 4.69) is 16.0 Å². The Balaban J connectivity index is 1.72. The number of halogens is 2. The number of hydrogen-bond donors (Lipinski definition) is 1. The van der Waals surface area contributed by atoms with Crippen molar-refractivity contribution in [3.05, 3.63) is 136 Å². The van der Waals surface area contributed by atoms with Crippen LogP contribution in [0, 0.1) is 18.3 Å². The number of aromatic nitrogens is 1. The molecule has 0 bridgehead atoms. The van der Waals surface area contributed by atoms with Crippen molar-refractivity contribution in [2.75, 3.05) is 5.32 Å². The van der Waals surface area contributed by atoms with Gasteiger partial charge in [-0.25, -0.2) is 0 Å². The summed E-state index contributed by atoms with van der Waals surface area (Å²) in [5, 5.41) is 14.0. The smallest absolute Gasteiger partial charge is 0.266 e. The summed E-state index contributed by atoms with van der Waals surface area (Å²) >= 11 is 12.5. The van der Waals surface area contributed by atoms with E-state index in [1.165, 1.54) is 0 Å². The predicted octanol–water partition coefficient (Wildman–Crippen LogP) is 8.97. The Morgan fingerprint density at radius 2 is 1.49 bits per heavy atom. The molecule has 0 saturated heterocycles. The van der Waals surface area contributed by atoms with Gasteiger partial charge in [0.15, 0.2) is 0 Å². The molecular formula is C33H23Cl2N3O. The van der Waals surface area contributed by atoms with E-state index < -0.39 is 5.91 Å². The van der Waals surface area contributed by atoms with Crippen LogP contribution in [0.2, 0.25) is 10.0 Å². The maximum absolute atomic E-state index is 13.3. The molecule has 0 saturated carbocycles. The minimum absolute atomic E-state index is 0.0283. The Morgan fingerprint density at radius 1 is 0.846 bits per heavy atom. The molecule has 6 heteroatoms. The van der Waals surface area contributed by atoms with Crippen LogP contribution in [0.4, 0.5) is 5.69 Å². The van der Waals surface area contributed by atoms with E-state index in [1.807, 2.05) is 97.9 Å². The van der Waals surface area contributed by atoms with Crippen molar-refractivity contribution in [1.82, 2.24) is 4.57 Å². The molecule has 0 atom stereocenters. The first kappa shape index (κ1) is 26.1. The second kappa shape index (κ2) is 11.4. The van der Waals surface area contributed by atoms with Gasteiger partial charge in [0.1, 0.15) is 11.6 Å². The van der Waals surface area contributed by atoms with E-state index in [1.54, 1.807) is 24.3 Å². The molecule has 4 nitrogen and oxygen atoms in total. The summed E-state index contributed by atoms with van der Waals surface area (Å²) in [7, 11) is 0. The van der Waals surface area contributed by atoms with E-state index in [4.69, 9.17) is 23.2 Å². The summed E-state index contributed by atoms with van der Waals surface area (Å²) in [5.74, 6) is -0.512. The van der Waals surface area contributed by atoms with Crippen LogP contribution in [-0.4, -0.2) is 10.5 Å². The molecule has 0 aliphatic carbocycles. The van der Waals surface area contributed by atoms with E-state index in [9.17, 15) is 10.1 Å². The highest BCUT2D eigenvalue weighted by Crippen LogP contribution is 2.37. The van der Waals surface area contributed by atoms with E-state index in [0.29, 0.717) is 15.7 Å². The van der Waals surface area contributed by atoms with Gasteiger partial charge >= 0.3 is 0 Å². The lowest BCUT2D eigenvalue weighted by molar-refractivity contribution is -0.112. The largest absolute Gasteiger partial charge is 0.321 e. The summed E-state index contributed by atoms with van der Waals surface area (Å²) in [6.07, 6.45) is 1.64. The molecule has 0 unspecified atom stereocenters. The van der Waals surface area contributed by atoms with Gasteiger partial charge in [-0.05, 0) is 72.2 Å². The number of carbonyl (C=O) groups is 1. The molecule has 5 aromatic rings. The quantitative estimate of drug-likeness (QED) is 0.170. The van der Waals surface area contributed by atoms with Gasteiger partial charge in [-0.1, -0.05) is 89.9 Å². The first-order valence-corrected chi connectivity index (χ1v) is 13.0. The number of nitriles is 1. The van der Waals surface area contributed by atoms with Gasteiger partial charge in [0.05, 0.1) is 11.4 Å². The average molecular weight is 548 g/mol. The molecule has 39 heavy (non-hydrogen) atoms. The molecule has 4 aromatic carbocycles. The van der Waals surface area contributed by atoms with Gasteiger partial charge < -0.3 is 9.88 Å². The normalized spacial score (nSPS) is 11.2. The van der Waals surface area contributed by atoms with Gasteiger partial charge in [0, 0.05) is 27.0 Å². The van der Waals surface area contributed by atoms with Crippen LogP contribution in [0.15, 0.2) is 115 Å². The van der Waals surface area contributed by atoms with E-state index in [0.717, 1.165) is 39.3 Å². The van der Waals surface area contributed by atoms with Crippen LogP contribution in [0.25, 0.3) is 34.3 Å². The number of benzene rings is 4. The SMILES string of the molecule is Cc1c(Cl)cccc1NC(=O)/C(C#N)=C/c1cc(-c2ccccc2)n(-c2ccc(Cl)cc2)c1-c1ccccc1. The van der Waals surface area contributed by atoms with Crippen molar-refractivity contribution in [1.29, 1.82) is 5.26 Å². The van der Waals surface area contributed by atoms with Gasteiger partial charge in [-0.15, -0.1) is 0 Å². The topological polar surface area (TPSA) is 57.8 Å². The van der Waals surface area contributed by atoms with Crippen LogP contribution >= 0.6 is 23.2 Å². The highest BCUT2D eigenvalue weighted by atomic mass is 35.5. The van der Waals surface area contributed by atoms with Gasteiger partial charge in [0.2, 0.25) is 0 Å². The molecular weight excluding hydrogens is 525 g/mol. The Kier molecular flexibility index (Phi) is 7.65. The van der Waals surface area contributed by atoms with E-state index >= 15 is 0 Å². The molecule has 0 fully saturated rings. The van der Waals surface area contributed by atoms with Gasteiger partial charge in [-0.2, -0.15) is 5.26 Å². The summed E-state index contributed by atoms with van der Waals surface area (Å²) in [4.78, 5) is 13.3. The molecule has 5 rings (SSSR count). The molecule has 190 valence electrons. The third-order valence-electron chi connectivity index (χ3n) is 6.41. The monoisotopic (exact) mass is 547 g/mol. The van der Waals surface area contributed by atoms with E-state index in [-0.39, 0.29) is 5.57 Å². The lowest BCUT2D eigenvalue weighted by Crippen LogP contribution is -2.14. The number of carbonyl (C=O) groups excluding carboxylic acids is 1. The zero-order valence-corrected chi connectivity index (χ0v) is 22.5. The van der Waals surface area contributed by atoms with Crippen molar-refractivity contribution in [2.45, 2.75) is 6.92 Å². The predicted molar refractivity (Wildman–Crippen MR) is 160 cm³/mol. The third-order valence-corrected chi connectivity index (χ3v) is 7.07. The second-order valence-electron chi connectivity index (χ2n) is 8.91. The number of rotatable bonds is 6. The molecule has 1 N–H and O–H groups in total.